The van der Waals surface area contributed by atoms with E-state index in [-0.39, 0.29) is 24.3 Å². The van der Waals surface area contributed by atoms with Crippen molar-refractivity contribution >= 4 is 32.9 Å². The summed E-state index contributed by atoms with van der Waals surface area (Å²) < 4.78 is 52.4. The molecule has 5 N–H and O–H groups in total. The van der Waals surface area contributed by atoms with Gasteiger partial charge in [-0.2, -0.15) is 8.42 Å². The quantitative estimate of drug-likeness (QED) is 0.155. The molecule has 1 aromatic rings. The number of rotatable bonds is 8. The molecule has 150 valence electrons. The molecule has 10 nitrogen and oxygen atoms in total. The van der Waals surface area contributed by atoms with Crippen LogP contribution in [0.25, 0.3) is 0 Å². The number of carbonyl (C=O) groups is 1. The fourth-order valence-corrected chi connectivity index (χ4v) is 5.33. The number of hydrogen-bond donors (Lipinski definition) is 3. The third kappa shape index (κ3) is 5.73. The van der Waals surface area contributed by atoms with E-state index in [1.54, 1.807) is 18.2 Å². The van der Waals surface area contributed by atoms with Gasteiger partial charge in [0.25, 0.3) is 0 Å². The van der Waals surface area contributed by atoms with Crippen LogP contribution in [0.5, 0.6) is 0 Å². The van der Waals surface area contributed by atoms with E-state index < -0.39 is 50.0 Å². The second kappa shape index (κ2) is 9.26. The maximum Gasteiger partial charge on any atom is 0.339 e. The van der Waals surface area contributed by atoms with Crippen LogP contribution in [-0.2, 0) is 25.5 Å². The first kappa shape index (κ1) is 21.3. The summed E-state index contributed by atoms with van der Waals surface area (Å²) in [7, 11) is -4.56. The van der Waals surface area contributed by atoms with Gasteiger partial charge in [-0.3, -0.25) is 13.3 Å². The highest BCUT2D eigenvalue weighted by Gasteiger charge is 2.45. The van der Waals surface area contributed by atoms with Gasteiger partial charge < -0.3 is 21.3 Å². The van der Waals surface area contributed by atoms with Crippen LogP contribution in [0.3, 0.4) is 0 Å². The van der Waals surface area contributed by atoms with Gasteiger partial charge in [-0.15, -0.1) is 0 Å². The minimum Gasteiger partial charge on any atom is -0.772 e. The Morgan fingerprint density at radius 2 is 2.04 bits per heavy atom. The van der Waals surface area contributed by atoms with E-state index in [9.17, 15) is 22.0 Å². The molecular weight excluding hydrogens is 396 g/mol. The number of carbonyl (C=O) groups excluding carboxylic acids is 1. The lowest BCUT2D eigenvalue weighted by Gasteiger charge is -2.36. The average molecular weight is 417 g/mol. The average Bonchev–Trinajstić information content (AvgIpc) is 2.62. The lowest BCUT2D eigenvalue weighted by Crippen LogP contribution is -2.49. The molecule has 1 heterocycles. The molecule has 2 rings (SSSR count). The molecule has 0 spiro atoms. The van der Waals surface area contributed by atoms with Gasteiger partial charge in [0, 0.05) is 11.3 Å². The number of nitrogens with one attached hydrogen (secondary N) is 1. The predicted octanol–water partition coefficient (Wildman–Crippen LogP) is -1.12. The number of nitrogens with zero attached hydrogens (tertiary/aromatic N) is 1. The number of oxime groups is 1. The van der Waals surface area contributed by atoms with Crippen molar-refractivity contribution in [2.45, 2.75) is 11.7 Å². The van der Waals surface area contributed by atoms with Crippen molar-refractivity contribution in [3.05, 3.63) is 35.9 Å². The Balaban J connectivity index is 2.46. The van der Waals surface area contributed by atoms with Crippen LogP contribution in [0.4, 0.5) is 0 Å². The predicted molar refractivity (Wildman–Crippen MR) is 98.6 cm³/mol. The van der Waals surface area contributed by atoms with Gasteiger partial charge in [-0.05, 0) is 36.5 Å². The van der Waals surface area contributed by atoms with Gasteiger partial charge >= 0.3 is 10.1 Å². The number of piperidine rings is 1. The molecule has 0 bridgehead atoms. The first-order valence-electron chi connectivity index (χ1n) is 8.09. The van der Waals surface area contributed by atoms with E-state index in [2.05, 4.69) is 14.8 Å². The Morgan fingerprint density at radius 1 is 1.37 bits per heavy atom. The van der Waals surface area contributed by atoms with E-state index in [4.69, 9.17) is 11.5 Å². The minimum atomic E-state index is -4.56. The maximum absolute atomic E-state index is 13.0. The largest absolute Gasteiger partial charge is 0.772 e. The Hall–Kier alpha value is -2.02. The van der Waals surface area contributed by atoms with E-state index in [1.807, 2.05) is 0 Å². The number of Topliss-reactive ketones (excluding diaryl/α,β-unsaturated/α-hetero) is 1. The van der Waals surface area contributed by atoms with E-state index in [0.717, 1.165) is 0 Å². The highest BCUT2D eigenvalue weighted by molar-refractivity contribution is 7.88. The van der Waals surface area contributed by atoms with Gasteiger partial charge in [0.1, 0.15) is 0 Å². The monoisotopic (exact) mass is 417 g/mol. The second-order valence-corrected chi connectivity index (χ2v) is 8.70. The van der Waals surface area contributed by atoms with Gasteiger partial charge in [-0.1, -0.05) is 41.4 Å². The summed E-state index contributed by atoms with van der Waals surface area (Å²) >= 11 is -2.40. The molecule has 1 fully saturated rings. The highest BCUT2D eigenvalue weighted by Crippen LogP contribution is 2.31. The molecule has 1 aliphatic heterocycles. The highest BCUT2D eigenvalue weighted by atomic mass is 32.2. The minimum absolute atomic E-state index is 0.167. The first-order valence-corrected chi connectivity index (χ1v) is 10.8. The van der Waals surface area contributed by atoms with Crippen molar-refractivity contribution in [1.29, 1.82) is 0 Å². The van der Waals surface area contributed by atoms with Gasteiger partial charge in [-0.25, -0.2) is 0 Å². The lowest BCUT2D eigenvalue weighted by molar-refractivity contribution is 0.0931. The number of benzene rings is 1. The Labute approximate surface area is 159 Å². The van der Waals surface area contributed by atoms with Crippen LogP contribution in [0.2, 0.25) is 0 Å². The third-order valence-corrected chi connectivity index (χ3v) is 6.45. The number of ketones is 1. The van der Waals surface area contributed by atoms with Crippen LogP contribution >= 0.6 is 0 Å². The summed E-state index contributed by atoms with van der Waals surface area (Å²) in [5, 5.41) is 4.45. The molecule has 0 saturated carbocycles. The van der Waals surface area contributed by atoms with Crippen LogP contribution < -0.4 is 16.8 Å². The molecule has 1 saturated heterocycles. The number of nitrogens with two attached hydrogens (primary N) is 2. The van der Waals surface area contributed by atoms with E-state index in [0.29, 0.717) is 6.54 Å². The van der Waals surface area contributed by atoms with Crippen LogP contribution in [0.15, 0.2) is 35.5 Å². The molecule has 0 radical (unpaired) electrons. The van der Waals surface area contributed by atoms with Crippen LogP contribution in [-0.4, -0.2) is 53.0 Å². The zero-order valence-corrected chi connectivity index (χ0v) is 15.9. The molecule has 0 aromatic heterocycles. The smallest absolute Gasteiger partial charge is 0.339 e. The van der Waals surface area contributed by atoms with Gasteiger partial charge in [0.15, 0.2) is 11.0 Å². The summed E-state index contributed by atoms with van der Waals surface area (Å²) in [6.45, 7) is 0.693. The van der Waals surface area contributed by atoms with E-state index in [1.165, 1.54) is 12.1 Å². The van der Waals surface area contributed by atoms with Crippen molar-refractivity contribution in [1.82, 2.24) is 5.32 Å². The standard InChI is InChI=1S/C15H22N4O6S2/c16-15(17)19-25-27(23,24)14(13(20)10-4-2-1-3-5-10)12-6-7-18-8-11(12)9-26(21)22/h1-5,11-12,14,18H,6-9H2,(H,21,22)(H4,16,17,19)/p-1. The Bertz CT molecular complexity index is 811. The summed E-state index contributed by atoms with van der Waals surface area (Å²) in [6, 6.07) is 7.84. The molecule has 1 aliphatic rings. The van der Waals surface area contributed by atoms with Gasteiger partial charge in [0.2, 0.25) is 5.96 Å². The number of guanidine groups is 1. The zero-order chi connectivity index (χ0) is 20.0. The molecule has 12 heteroatoms. The van der Waals surface area contributed by atoms with Crippen molar-refractivity contribution in [2.24, 2.45) is 28.5 Å². The second-order valence-electron chi connectivity index (χ2n) is 6.12. The maximum atomic E-state index is 13.0. The van der Waals surface area contributed by atoms with Crippen molar-refractivity contribution in [2.75, 3.05) is 18.8 Å². The Morgan fingerprint density at radius 3 is 2.63 bits per heavy atom. The summed E-state index contributed by atoms with van der Waals surface area (Å²) in [6.07, 6.45) is 0.273. The van der Waals surface area contributed by atoms with Gasteiger partial charge in [0.05, 0.1) is 0 Å². The van der Waals surface area contributed by atoms with Crippen LogP contribution in [0, 0.1) is 11.8 Å². The topological polar surface area (TPSA) is 177 Å². The SMILES string of the molecule is NC(N)=NOS(=O)(=O)C(C(=O)c1ccccc1)C1CCNCC1CS(=O)[O-]. The molecule has 0 aliphatic carbocycles. The molecule has 4 atom stereocenters. The van der Waals surface area contributed by atoms with Crippen molar-refractivity contribution < 1.29 is 26.3 Å². The molecular formula is C15H21N4O6S2-. The fourth-order valence-electron chi connectivity index (χ4n) is 3.15. The first-order chi connectivity index (χ1) is 12.7. The fraction of sp³-hybridized carbons (Fsp3) is 0.467. The molecule has 1 aromatic carbocycles. The zero-order valence-electron chi connectivity index (χ0n) is 14.3. The van der Waals surface area contributed by atoms with Crippen molar-refractivity contribution in [3.63, 3.8) is 0 Å². The summed E-state index contributed by atoms with van der Waals surface area (Å²) in [5.41, 5.74) is 10.4. The van der Waals surface area contributed by atoms with E-state index >= 15 is 0 Å². The molecule has 4 unspecified atom stereocenters. The van der Waals surface area contributed by atoms with Crippen LogP contribution in [0.1, 0.15) is 16.8 Å². The summed E-state index contributed by atoms with van der Waals surface area (Å²) in [5.74, 6) is -2.97. The van der Waals surface area contributed by atoms with Crippen molar-refractivity contribution in [3.8, 4) is 0 Å². The molecule has 0 amide bonds. The Kier molecular flexibility index (Phi) is 7.30. The molecule has 27 heavy (non-hydrogen) atoms. The lowest BCUT2D eigenvalue weighted by atomic mass is 9.82. The number of hydrogen-bond acceptors (Lipinski definition) is 8. The third-order valence-electron chi connectivity index (χ3n) is 4.28. The normalized spacial score (nSPS) is 22.4. The summed E-state index contributed by atoms with van der Waals surface area (Å²) in [4.78, 5) is 13.0.